The van der Waals surface area contributed by atoms with Crippen LogP contribution >= 0.6 is 11.6 Å². The van der Waals surface area contributed by atoms with E-state index in [0.29, 0.717) is 12.1 Å². The maximum Gasteiger partial charge on any atom is 0.416 e. The smallest absolute Gasteiger partial charge is 0.322 e. The van der Waals surface area contributed by atoms with Crippen molar-refractivity contribution in [1.82, 2.24) is 0 Å². The van der Waals surface area contributed by atoms with Crippen LogP contribution < -0.4 is 5.32 Å². The van der Waals surface area contributed by atoms with Crippen LogP contribution in [-0.4, -0.2) is 10.8 Å². The highest BCUT2D eigenvalue weighted by atomic mass is 35.5. The summed E-state index contributed by atoms with van der Waals surface area (Å²) < 4.78 is 38.5. The third kappa shape index (κ3) is 4.13. The fourth-order valence-electron chi connectivity index (χ4n) is 2.21. The van der Waals surface area contributed by atoms with Gasteiger partial charge in [0.15, 0.2) is 0 Å². The van der Waals surface area contributed by atoms with Gasteiger partial charge in [-0.25, -0.2) is 0 Å². The fraction of sp³-hybridized carbons (Fsp3) is 0.118. The number of benzene rings is 2. The van der Waals surface area contributed by atoms with Gasteiger partial charge in [0.25, 0.3) is 11.6 Å². The molecule has 0 atom stereocenters. The van der Waals surface area contributed by atoms with Crippen molar-refractivity contribution in [3.05, 3.63) is 67.7 Å². The molecule has 0 unspecified atom stereocenters. The Morgan fingerprint density at radius 3 is 2.46 bits per heavy atom. The summed E-state index contributed by atoms with van der Waals surface area (Å²) in [5.74, 6) is 1.38. The number of amides is 1. The largest absolute Gasteiger partial charge is 0.416 e. The van der Waals surface area contributed by atoms with E-state index in [0.717, 1.165) is 18.2 Å². The van der Waals surface area contributed by atoms with Gasteiger partial charge in [-0.3, -0.25) is 14.9 Å². The van der Waals surface area contributed by atoms with Crippen LogP contribution in [0.2, 0.25) is 5.02 Å². The van der Waals surface area contributed by atoms with Crippen molar-refractivity contribution in [3.63, 3.8) is 0 Å². The average molecular weight is 383 g/mol. The quantitative estimate of drug-likeness (QED) is 0.470. The molecule has 0 radical (unpaired) electrons. The van der Waals surface area contributed by atoms with E-state index >= 15 is 0 Å². The van der Waals surface area contributed by atoms with Crippen molar-refractivity contribution in [2.45, 2.75) is 13.1 Å². The topological polar surface area (TPSA) is 72.2 Å². The molecule has 0 spiro atoms. The van der Waals surface area contributed by atoms with Gasteiger partial charge in [0.1, 0.15) is 0 Å². The monoisotopic (exact) mass is 382 g/mol. The number of carbonyl (C=O) groups is 1. The zero-order chi connectivity index (χ0) is 19.6. The minimum atomic E-state index is -4.65. The molecular formula is C17H10ClF3N2O3. The number of alkyl halides is 3. The molecule has 2 aromatic carbocycles. The molecule has 26 heavy (non-hydrogen) atoms. The van der Waals surface area contributed by atoms with E-state index in [4.69, 9.17) is 18.0 Å². The molecular weight excluding hydrogens is 373 g/mol. The lowest BCUT2D eigenvalue weighted by atomic mass is 10.0. The molecule has 134 valence electrons. The normalized spacial score (nSPS) is 10.9. The molecule has 0 saturated carbocycles. The van der Waals surface area contributed by atoms with Crippen molar-refractivity contribution in [3.8, 4) is 12.3 Å². The van der Waals surface area contributed by atoms with Crippen LogP contribution in [0.4, 0.5) is 24.5 Å². The van der Waals surface area contributed by atoms with E-state index in [-0.39, 0.29) is 27.4 Å². The van der Waals surface area contributed by atoms with E-state index in [9.17, 15) is 28.1 Å². The van der Waals surface area contributed by atoms with Crippen molar-refractivity contribution in [1.29, 1.82) is 0 Å². The molecule has 0 aliphatic carbocycles. The minimum absolute atomic E-state index is 0.124. The lowest BCUT2D eigenvalue weighted by Crippen LogP contribution is -2.15. The van der Waals surface area contributed by atoms with Crippen LogP contribution in [0.25, 0.3) is 0 Å². The van der Waals surface area contributed by atoms with Crippen LogP contribution in [-0.2, 0) is 6.18 Å². The molecule has 0 aliphatic heterocycles. The van der Waals surface area contributed by atoms with Crippen molar-refractivity contribution in [2.24, 2.45) is 0 Å². The Balaban J connectivity index is 2.46. The molecule has 1 N–H and O–H groups in total. The second kappa shape index (κ2) is 7.06. The Labute approximate surface area is 150 Å². The average Bonchev–Trinajstić information content (AvgIpc) is 2.53. The standard InChI is InChI=1S/C17H10ClF3N2O3/c1-3-10-4-14(23(25)26)8-15(9(10)2)16(24)22-13-6-11(17(19,20)21)5-12(18)7-13/h1,4-8H,2H3,(H,22,24). The number of nitro benzene ring substituents is 1. The van der Waals surface area contributed by atoms with Crippen LogP contribution in [0.5, 0.6) is 0 Å². The maximum atomic E-state index is 12.8. The van der Waals surface area contributed by atoms with Gasteiger partial charge in [-0.1, -0.05) is 17.5 Å². The number of terminal acetylenes is 1. The molecule has 5 nitrogen and oxygen atoms in total. The second-order valence-corrected chi connectivity index (χ2v) is 5.68. The molecule has 0 saturated heterocycles. The number of halogens is 4. The summed E-state index contributed by atoms with van der Waals surface area (Å²) >= 11 is 5.66. The zero-order valence-electron chi connectivity index (χ0n) is 13.1. The summed E-state index contributed by atoms with van der Waals surface area (Å²) in [6.45, 7) is 1.48. The van der Waals surface area contributed by atoms with Crippen LogP contribution in [0.3, 0.4) is 0 Å². The van der Waals surface area contributed by atoms with Gasteiger partial charge in [-0.05, 0) is 30.7 Å². The molecule has 0 bridgehead atoms. The molecule has 0 aliphatic rings. The first-order chi connectivity index (χ1) is 12.0. The van der Waals surface area contributed by atoms with Crippen LogP contribution in [0, 0.1) is 29.4 Å². The van der Waals surface area contributed by atoms with Crippen LogP contribution in [0.1, 0.15) is 27.0 Å². The highest BCUT2D eigenvalue weighted by molar-refractivity contribution is 6.31. The Bertz CT molecular complexity index is 949. The highest BCUT2D eigenvalue weighted by Gasteiger charge is 2.31. The van der Waals surface area contributed by atoms with Crippen molar-refractivity contribution in [2.75, 3.05) is 5.32 Å². The van der Waals surface area contributed by atoms with Gasteiger partial charge in [0, 0.05) is 28.4 Å². The number of anilines is 1. The third-order valence-electron chi connectivity index (χ3n) is 3.49. The first kappa shape index (κ1) is 19.3. The van der Waals surface area contributed by atoms with Gasteiger partial charge in [-0.15, -0.1) is 6.42 Å². The zero-order valence-corrected chi connectivity index (χ0v) is 13.9. The number of carbonyl (C=O) groups excluding carboxylic acids is 1. The van der Waals surface area contributed by atoms with E-state index < -0.39 is 28.3 Å². The summed E-state index contributed by atoms with van der Waals surface area (Å²) in [7, 11) is 0. The number of hydrogen-bond acceptors (Lipinski definition) is 3. The summed E-state index contributed by atoms with van der Waals surface area (Å²) in [6.07, 6.45) is 0.632. The molecule has 2 rings (SSSR count). The van der Waals surface area contributed by atoms with Crippen LogP contribution in [0.15, 0.2) is 30.3 Å². The number of nitro groups is 1. The first-order valence-electron chi connectivity index (χ1n) is 6.97. The summed E-state index contributed by atoms with van der Waals surface area (Å²) in [5.41, 5.74) is -1.36. The number of nitrogens with one attached hydrogen (secondary N) is 1. The first-order valence-corrected chi connectivity index (χ1v) is 7.35. The predicted molar refractivity (Wildman–Crippen MR) is 90.2 cm³/mol. The maximum absolute atomic E-state index is 12.8. The Morgan fingerprint density at radius 2 is 1.92 bits per heavy atom. The fourth-order valence-corrected chi connectivity index (χ4v) is 2.45. The SMILES string of the molecule is C#Cc1cc([N+](=O)[O-])cc(C(=O)Nc2cc(Cl)cc(C(F)(F)F)c2)c1C. The molecule has 0 aromatic heterocycles. The minimum Gasteiger partial charge on any atom is -0.322 e. The van der Waals surface area contributed by atoms with Gasteiger partial charge in [-0.2, -0.15) is 13.2 Å². The Hall–Kier alpha value is -3.05. The van der Waals surface area contributed by atoms with Crippen molar-refractivity contribution < 1.29 is 22.9 Å². The second-order valence-electron chi connectivity index (χ2n) is 5.25. The van der Waals surface area contributed by atoms with Gasteiger partial charge in [0.2, 0.25) is 0 Å². The van der Waals surface area contributed by atoms with Gasteiger partial charge in [0.05, 0.1) is 16.1 Å². The van der Waals surface area contributed by atoms with E-state index in [2.05, 4.69) is 11.2 Å². The van der Waals surface area contributed by atoms with E-state index in [1.54, 1.807) is 0 Å². The molecule has 0 heterocycles. The van der Waals surface area contributed by atoms with Gasteiger partial charge < -0.3 is 5.32 Å². The van der Waals surface area contributed by atoms with Crippen molar-refractivity contribution >= 4 is 28.9 Å². The predicted octanol–water partition coefficient (Wildman–Crippen LogP) is 4.81. The molecule has 1 amide bonds. The van der Waals surface area contributed by atoms with E-state index in [1.165, 1.54) is 6.92 Å². The summed E-state index contributed by atoms with van der Waals surface area (Å²) in [5, 5.41) is 13.0. The number of hydrogen-bond donors (Lipinski definition) is 1. The van der Waals surface area contributed by atoms with Gasteiger partial charge >= 0.3 is 6.18 Å². The number of non-ortho nitro benzene ring substituents is 1. The lowest BCUT2D eigenvalue weighted by molar-refractivity contribution is -0.384. The number of nitrogens with zero attached hydrogens (tertiary/aromatic N) is 1. The molecule has 2 aromatic rings. The highest BCUT2D eigenvalue weighted by Crippen LogP contribution is 2.33. The molecule has 0 fully saturated rings. The lowest BCUT2D eigenvalue weighted by Gasteiger charge is -2.12. The summed E-state index contributed by atoms with van der Waals surface area (Å²) in [6, 6.07) is 4.68. The Kier molecular flexibility index (Phi) is 5.23. The summed E-state index contributed by atoms with van der Waals surface area (Å²) in [4.78, 5) is 22.7. The Morgan fingerprint density at radius 1 is 1.27 bits per heavy atom. The third-order valence-corrected chi connectivity index (χ3v) is 3.70. The number of rotatable bonds is 3. The molecule has 9 heteroatoms. The van der Waals surface area contributed by atoms with E-state index in [1.807, 2.05) is 0 Å².